The van der Waals surface area contributed by atoms with Crippen LogP contribution in [-0.2, 0) is 4.79 Å². The van der Waals surface area contributed by atoms with E-state index in [1.54, 1.807) is 6.07 Å². The van der Waals surface area contributed by atoms with E-state index in [1.165, 1.54) is 12.4 Å². The van der Waals surface area contributed by atoms with Crippen LogP contribution in [0.3, 0.4) is 0 Å². The molecule has 2 rings (SSSR count). The van der Waals surface area contributed by atoms with Crippen LogP contribution < -0.4 is 4.74 Å². The lowest BCUT2D eigenvalue weighted by molar-refractivity contribution is -0.139. The third-order valence-corrected chi connectivity index (χ3v) is 2.15. The largest absolute Gasteiger partial charge is 0.479 e. The monoisotopic (exact) mass is 226 g/mol. The second kappa shape index (κ2) is 3.78. The van der Waals surface area contributed by atoms with Crippen molar-refractivity contribution in [2.75, 3.05) is 6.61 Å². The number of carboxylic acids is 1. The van der Waals surface area contributed by atoms with Gasteiger partial charge in [0.1, 0.15) is 5.52 Å². The number of rotatable bonds is 3. The topological polar surface area (TPSA) is 75.2 Å². The third-order valence-electron chi connectivity index (χ3n) is 1.83. The zero-order valence-electron chi connectivity index (χ0n) is 7.53. The molecule has 0 bridgehead atoms. The molecule has 0 aromatic carbocycles. The van der Waals surface area contributed by atoms with Gasteiger partial charge in [-0.05, 0) is 6.07 Å². The molecule has 5 nitrogen and oxygen atoms in total. The van der Waals surface area contributed by atoms with E-state index in [-0.39, 0.29) is 0 Å². The molecular formula is C9H7ClN2O3. The first kappa shape index (κ1) is 9.79. The second-order valence-electron chi connectivity index (χ2n) is 2.85. The summed E-state index contributed by atoms with van der Waals surface area (Å²) in [7, 11) is 0. The zero-order chi connectivity index (χ0) is 10.8. The summed E-state index contributed by atoms with van der Waals surface area (Å²) >= 11 is 5.89. The van der Waals surface area contributed by atoms with Crippen LogP contribution in [0.5, 0.6) is 5.75 Å². The highest BCUT2D eigenvalue weighted by molar-refractivity contribution is 6.35. The number of hydrogen-bond donors (Lipinski definition) is 2. The summed E-state index contributed by atoms with van der Waals surface area (Å²) < 4.78 is 5.02. The number of carbonyl (C=O) groups is 1. The normalized spacial score (nSPS) is 10.5. The number of fused-ring (bicyclic) bond motifs is 1. The Morgan fingerprint density at radius 2 is 2.47 bits per heavy atom. The van der Waals surface area contributed by atoms with E-state index in [9.17, 15) is 4.79 Å². The molecule has 0 aliphatic carbocycles. The van der Waals surface area contributed by atoms with Crippen LogP contribution in [0.2, 0.25) is 5.02 Å². The van der Waals surface area contributed by atoms with Crippen molar-refractivity contribution < 1.29 is 14.6 Å². The highest BCUT2D eigenvalue weighted by atomic mass is 35.5. The Kier molecular flexibility index (Phi) is 2.47. The van der Waals surface area contributed by atoms with Gasteiger partial charge in [-0.25, -0.2) is 4.79 Å². The van der Waals surface area contributed by atoms with Crippen molar-refractivity contribution in [1.29, 1.82) is 0 Å². The number of halogens is 1. The number of pyridine rings is 1. The molecule has 0 amide bonds. The average Bonchev–Trinajstić information content (AvgIpc) is 2.59. The SMILES string of the molecule is O=C(O)COc1c[nH]c2c(Cl)ccnc12. The van der Waals surface area contributed by atoms with E-state index < -0.39 is 12.6 Å². The summed E-state index contributed by atoms with van der Waals surface area (Å²) in [6, 6.07) is 1.64. The lowest BCUT2D eigenvalue weighted by Gasteiger charge is -1.99. The van der Waals surface area contributed by atoms with E-state index in [0.717, 1.165) is 0 Å². The Balaban J connectivity index is 2.37. The summed E-state index contributed by atoms with van der Waals surface area (Å²) in [6.07, 6.45) is 3.07. The maximum atomic E-state index is 10.3. The summed E-state index contributed by atoms with van der Waals surface area (Å²) in [6.45, 7) is -0.402. The van der Waals surface area contributed by atoms with Gasteiger partial charge < -0.3 is 14.8 Å². The minimum Gasteiger partial charge on any atom is -0.479 e. The molecule has 15 heavy (non-hydrogen) atoms. The van der Waals surface area contributed by atoms with Crippen molar-refractivity contribution in [3.05, 3.63) is 23.5 Å². The number of aromatic amines is 1. The predicted molar refractivity (Wildman–Crippen MR) is 54.2 cm³/mol. The number of carboxylic acid groups (broad SMARTS) is 1. The molecule has 2 aromatic rings. The maximum absolute atomic E-state index is 10.3. The van der Waals surface area contributed by atoms with Crippen molar-refractivity contribution in [1.82, 2.24) is 9.97 Å². The Morgan fingerprint density at radius 1 is 1.67 bits per heavy atom. The third kappa shape index (κ3) is 1.87. The summed E-state index contributed by atoms with van der Waals surface area (Å²) in [4.78, 5) is 17.2. The first-order valence-corrected chi connectivity index (χ1v) is 4.52. The van der Waals surface area contributed by atoms with Gasteiger partial charge in [0.25, 0.3) is 0 Å². The van der Waals surface area contributed by atoms with Gasteiger partial charge in [0.05, 0.1) is 10.5 Å². The van der Waals surface area contributed by atoms with Crippen LogP contribution in [0.4, 0.5) is 0 Å². The average molecular weight is 227 g/mol. The second-order valence-corrected chi connectivity index (χ2v) is 3.26. The summed E-state index contributed by atoms with van der Waals surface area (Å²) in [5, 5.41) is 8.98. The predicted octanol–water partition coefficient (Wildman–Crippen LogP) is 1.68. The minimum absolute atomic E-state index is 0.384. The van der Waals surface area contributed by atoms with Gasteiger partial charge in [-0.2, -0.15) is 0 Å². The van der Waals surface area contributed by atoms with Gasteiger partial charge in [-0.1, -0.05) is 11.6 Å². The Hall–Kier alpha value is -1.75. The van der Waals surface area contributed by atoms with Crippen molar-refractivity contribution in [3.63, 3.8) is 0 Å². The number of aromatic nitrogens is 2. The summed E-state index contributed by atoms with van der Waals surface area (Å²) in [5.74, 6) is -0.652. The Morgan fingerprint density at radius 3 is 3.20 bits per heavy atom. The molecule has 0 fully saturated rings. The van der Waals surface area contributed by atoms with Gasteiger partial charge in [0, 0.05) is 12.4 Å². The Bertz CT molecular complexity index is 509. The van der Waals surface area contributed by atoms with E-state index in [4.69, 9.17) is 21.4 Å². The molecular weight excluding hydrogens is 220 g/mol. The van der Waals surface area contributed by atoms with E-state index in [2.05, 4.69) is 9.97 Å². The van der Waals surface area contributed by atoms with Crippen LogP contribution in [0.15, 0.2) is 18.5 Å². The highest BCUT2D eigenvalue weighted by Crippen LogP contribution is 2.27. The van der Waals surface area contributed by atoms with Crippen LogP contribution in [0, 0.1) is 0 Å². The first-order valence-electron chi connectivity index (χ1n) is 4.14. The maximum Gasteiger partial charge on any atom is 0.341 e. The molecule has 2 aromatic heterocycles. The van der Waals surface area contributed by atoms with Crippen molar-refractivity contribution >= 4 is 28.6 Å². The van der Waals surface area contributed by atoms with Gasteiger partial charge in [-0.15, -0.1) is 0 Å². The molecule has 0 saturated heterocycles. The fourth-order valence-electron chi connectivity index (χ4n) is 1.22. The number of aliphatic carboxylic acids is 1. The van der Waals surface area contributed by atoms with E-state index in [0.29, 0.717) is 21.8 Å². The van der Waals surface area contributed by atoms with Crippen LogP contribution in [0.1, 0.15) is 0 Å². The number of ether oxygens (including phenoxy) is 1. The Labute approximate surface area is 89.6 Å². The highest BCUT2D eigenvalue weighted by Gasteiger charge is 2.09. The quantitative estimate of drug-likeness (QED) is 0.835. The van der Waals surface area contributed by atoms with Crippen LogP contribution >= 0.6 is 11.6 Å². The molecule has 6 heteroatoms. The van der Waals surface area contributed by atoms with Crippen molar-refractivity contribution in [2.24, 2.45) is 0 Å². The standard InChI is InChI=1S/C9H7ClN2O3/c10-5-1-2-11-9-6(3-12-8(5)9)15-4-7(13)14/h1-3,12H,4H2,(H,13,14). The molecule has 0 spiro atoms. The molecule has 2 heterocycles. The van der Waals surface area contributed by atoms with Crippen molar-refractivity contribution in [2.45, 2.75) is 0 Å². The molecule has 0 unspecified atom stereocenters. The van der Waals surface area contributed by atoms with E-state index >= 15 is 0 Å². The fraction of sp³-hybridized carbons (Fsp3) is 0.111. The molecule has 0 aliphatic rings. The van der Waals surface area contributed by atoms with Gasteiger partial charge in [0.15, 0.2) is 12.4 Å². The first-order chi connectivity index (χ1) is 7.18. The zero-order valence-corrected chi connectivity index (χ0v) is 8.28. The fourth-order valence-corrected chi connectivity index (χ4v) is 1.42. The minimum atomic E-state index is -1.04. The lowest BCUT2D eigenvalue weighted by atomic mass is 10.4. The lowest BCUT2D eigenvalue weighted by Crippen LogP contribution is -2.09. The number of nitrogens with one attached hydrogen (secondary N) is 1. The van der Waals surface area contributed by atoms with Crippen molar-refractivity contribution in [3.8, 4) is 5.75 Å². The van der Waals surface area contributed by atoms with Gasteiger partial charge in [0.2, 0.25) is 0 Å². The van der Waals surface area contributed by atoms with Crippen LogP contribution in [0.25, 0.3) is 11.0 Å². The molecule has 2 N–H and O–H groups in total. The van der Waals surface area contributed by atoms with Crippen LogP contribution in [-0.4, -0.2) is 27.7 Å². The number of hydrogen-bond acceptors (Lipinski definition) is 3. The van der Waals surface area contributed by atoms with Gasteiger partial charge >= 0.3 is 5.97 Å². The molecule has 0 atom stereocenters. The smallest absolute Gasteiger partial charge is 0.341 e. The van der Waals surface area contributed by atoms with Gasteiger partial charge in [-0.3, -0.25) is 4.98 Å². The van der Waals surface area contributed by atoms with E-state index in [1.807, 2.05) is 0 Å². The number of H-pyrrole nitrogens is 1. The molecule has 0 saturated carbocycles. The molecule has 0 radical (unpaired) electrons. The molecule has 0 aliphatic heterocycles. The molecule has 78 valence electrons. The number of nitrogens with zero attached hydrogens (tertiary/aromatic N) is 1. The summed E-state index contributed by atoms with van der Waals surface area (Å²) in [5.41, 5.74) is 1.17.